The van der Waals surface area contributed by atoms with E-state index in [1.807, 2.05) is 43.3 Å². The highest BCUT2D eigenvalue weighted by molar-refractivity contribution is 6.33. The van der Waals surface area contributed by atoms with Crippen LogP contribution < -0.4 is 10.1 Å². The van der Waals surface area contributed by atoms with Crippen molar-refractivity contribution in [3.63, 3.8) is 0 Å². The largest absolute Gasteiger partial charge is 0.496 e. The average molecular weight is 296 g/mol. The Labute approximate surface area is 123 Å². The highest BCUT2D eigenvalue weighted by Gasteiger charge is 2.05. The highest BCUT2D eigenvalue weighted by Crippen LogP contribution is 2.26. The Morgan fingerprint density at radius 2 is 1.89 bits per heavy atom. The maximum Gasteiger partial charge on any atom is 0.123 e. The van der Waals surface area contributed by atoms with Gasteiger partial charge in [0.1, 0.15) is 5.75 Å². The molecule has 0 saturated carbocycles. The minimum absolute atomic E-state index is 0.604. The number of hydrogen-bond acceptors (Lipinski definition) is 2. The lowest BCUT2D eigenvalue weighted by molar-refractivity contribution is 0.410. The zero-order chi connectivity index (χ0) is 13.8. The summed E-state index contributed by atoms with van der Waals surface area (Å²) >= 11 is 12.2. The van der Waals surface area contributed by atoms with Gasteiger partial charge >= 0.3 is 0 Å². The van der Waals surface area contributed by atoms with Crippen LogP contribution in [0, 0.1) is 6.92 Å². The summed E-state index contributed by atoms with van der Waals surface area (Å²) in [5, 5.41) is 4.69. The highest BCUT2D eigenvalue weighted by atomic mass is 35.5. The smallest absolute Gasteiger partial charge is 0.123 e. The van der Waals surface area contributed by atoms with Crippen LogP contribution in [0.25, 0.3) is 0 Å². The van der Waals surface area contributed by atoms with Gasteiger partial charge in [0.15, 0.2) is 0 Å². The van der Waals surface area contributed by atoms with Crippen LogP contribution in [0.1, 0.15) is 11.1 Å². The third kappa shape index (κ3) is 3.55. The van der Waals surface area contributed by atoms with Crippen molar-refractivity contribution in [3.05, 3.63) is 57.6 Å². The maximum absolute atomic E-state index is 6.15. The second-order valence-corrected chi connectivity index (χ2v) is 5.14. The van der Waals surface area contributed by atoms with Gasteiger partial charge in [-0.3, -0.25) is 0 Å². The van der Waals surface area contributed by atoms with E-state index >= 15 is 0 Å². The quantitative estimate of drug-likeness (QED) is 0.864. The number of benzene rings is 2. The molecule has 19 heavy (non-hydrogen) atoms. The SMILES string of the molecule is COc1ccc(Cl)cc1CNc1cc(C)ccc1Cl. The summed E-state index contributed by atoms with van der Waals surface area (Å²) in [6.07, 6.45) is 0. The normalized spacial score (nSPS) is 10.3. The van der Waals surface area contributed by atoms with E-state index in [1.165, 1.54) is 0 Å². The van der Waals surface area contributed by atoms with E-state index in [1.54, 1.807) is 7.11 Å². The van der Waals surface area contributed by atoms with Crippen molar-refractivity contribution in [2.45, 2.75) is 13.5 Å². The molecule has 1 N–H and O–H groups in total. The first kappa shape index (κ1) is 14.0. The molecule has 0 aliphatic carbocycles. The number of anilines is 1. The van der Waals surface area contributed by atoms with Gasteiger partial charge < -0.3 is 10.1 Å². The Balaban J connectivity index is 2.18. The lowest BCUT2D eigenvalue weighted by atomic mass is 10.2. The van der Waals surface area contributed by atoms with E-state index in [9.17, 15) is 0 Å². The molecular weight excluding hydrogens is 281 g/mol. The van der Waals surface area contributed by atoms with Crippen LogP contribution in [-0.2, 0) is 6.54 Å². The van der Waals surface area contributed by atoms with Crippen molar-refractivity contribution < 1.29 is 4.74 Å². The van der Waals surface area contributed by atoms with E-state index in [-0.39, 0.29) is 0 Å². The lowest BCUT2D eigenvalue weighted by Gasteiger charge is -2.12. The number of methoxy groups -OCH3 is 1. The van der Waals surface area contributed by atoms with Gasteiger partial charge in [0.25, 0.3) is 0 Å². The van der Waals surface area contributed by atoms with Crippen molar-refractivity contribution in [1.82, 2.24) is 0 Å². The molecule has 0 bridgehead atoms. The van der Waals surface area contributed by atoms with Crippen LogP contribution in [0.15, 0.2) is 36.4 Å². The van der Waals surface area contributed by atoms with Crippen molar-refractivity contribution in [2.24, 2.45) is 0 Å². The number of ether oxygens (including phenoxy) is 1. The van der Waals surface area contributed by atoms with Crippen LogP contribution in [-0.4, -0.2) is 7.11 Å². The summed E-state index contributed by atoms with van der Waals surface area (Å²) in [4.78, 5) is 0. The first-order valence-electron chi connectivity index (χ1n) is 5.92. The predicted octanol–water partition coefficient (Wildman–Crippen LogP) is 4.92. The Hall–Kier alpha value is -1.38. The molecule has 2 aromatic rings. The van der Waals surface area contributed by atoms with Crippen molar-refractivity contribution >= 4 is 28.9 Å². The fraction of sp³-hybridized carbons (Fsp3) is 0.200. The van der Waals surface area contributed by atoms with E-state index in [4.69, 9.17) is 27.9 Å². The van der Waals surface area contributed by atoms with Crippen LogP contribution >= 0.6 is 23.2 Å². The van der Waals surface area contributed by atoms with Gasteiger partial charge in [0.2, 0.25) is 0 Å². The second-order valence-electron chi connectivity index (χ2n) is 4.29. The Morgan fingerprint density at radius 1 is 1.11 bits per heavy atom. The van der Waals surface area contributed by atoms with Gasteiger partial charge in [0, 0.05) is 17.1 Å². The molecule has 4 heteroatoms. The van der Waals surface area contributed by atoms with E-state index in [0.29, 0.717) is 16.6 Å². The minimum Gasteiger partial charge on any atom is -0.496 e. The molecular formula is C15H15Cl2NO. The molecule has 0 unspecified atom stereocenters. The topological polar surface area (TPSA) is 21.3 Å². The zero-order valence-corrected chi connectivity index (χ0v) is 12.3. The van der Waals surface area contributed by atoms with Crippen LogP contribution in [0.2, 0.25) is 10.0 Å². The average Bonchev–Trinajstić information content (AvgIpc) is 2.40. The number of aryl methyl sites for hydroxylation is 1. The monoisotopic (exact) mass is 295 g/mol. The summed E-state index contributed by atoms with van der Waals surface area (Å²) in [5.74, 6) is 0.806. The number of rotatable bonds is 4. The van der Waals surface area contributed by atoms with Gasteiger partial charge in [-0.2, -0.15) is 0 Å². The third-order valence-electron chi connectivity index (χ3n) is 2.83. The number of halogens is 2. The first-order chi connectivity index (χ1) is 9.10. The van der Waals surface area contributed by atoms with E-state index < -0.39 is 0 Å². The second kappa shape index (κ2) is 6.18. The van der Waals surface area contributed by atoms with Gasteiger partial charge in [-0.25, -0.2) is 0 Å². The van der Waals surface area contributed by atoms with Crippen molar-refractivity contribution in [3.8, 4) is 5.75 Å². The standard InChI is InChI=1S/C15H15Cl2NO/c1-10-3-5-13(17)14(7-10)18-9-11-8-12(16)4-6-15(11)19-2/h3-8,18H,9H2,1-2H3. The molecule has 0 aliphatic rings. The Morgan fingerprint density at radius 3 is 2.63 bits per heavy atom. The molecule has 2 nitrogen and oxygen atoms in total. The predicted molar refractivity (Wildman–Crippen MR) is 81.5 cm³/mol. The molecule has 100 valence electrons. The summed E-state index contributed by atoms with van der Waals surface area (Å²) in [6.45, 7) is 2.63. The summed E-state index contributed by atoms with van der Waals surface area (Å²) in [6, 6.07) is 11.4. The fourth-order valence-electron chi connectivity index (χ4n) is 1.85. The van der Waals surface area contributed by atoms with Crippen LogP contribution in [0.3, 0.4) is 0 Å². The molecule has 0 radical (unpaired) electrons. The summed E-state index contributed by atoms with van der Waals surface area (Å²) < 4.78 is 5.31. The molecule has 2 aromatic carbocycles. The van der Waals surface area contributed by atoms with Gasteiger partial charge in [-0.05, 0) is 42.8 Å². The van der Waals surface area contributed by atoms with E-state index in [0.717, 1.165) is 22.6 Å². The molecule has 0 amide bonds. The minimum atomic E-state index is 0.604. The summed E-state index contributed by atoms with van der Waals surface area (Å²) in [5.41, 5.74) is 3.06. The zero-order valence-electron chi connectivity index (χ0n) is 10.8. The lowest BCUT2D eigenvalue weighted by Crippen LogP contribution is -2.02. The third-order valence-corrected chi connectivity index (χ3v) is 3.40. The van der Waals surface area contributed by atoms with Crippen LogP contribution in [0.5, 0.6) is 5.75 Å². The molecule has 0 aromatic heterocycles. The maximum atomic E-state index is 6.15. The number of nitrogens with one attached hydrogen (secondary N) is 1. The molecule has 0 heterocycles. The molecule has 0 spiro atoms. The molecule has 0 aliphatic heterocycles. The molecule has 0 atom stereocenters. The molecule has 0 fully saturated rings. The summed E-state index contributed by atoms with van der Waals surface area (Å²) in [7, 11) is 1.65. The first-order valence-corrected chi connectivity index (χ1v) is 6.68. The van der Waals surface area contributed by atoms with Gasteiger partial charge in [-0.15, -0.1) is 0 Å². The molecule has 2 rings (SSSR count). The number of hydrogen-bond donors (Lipinski definition) is 1. The fourth-order valence-corrected chi connectivity index (χ4v) is 2.23. The molecule has 0 saturated heterocycles. The van der Waals surface area contributed by atoms with E-state index in [2.05, 4.69) is 5.32 Å². The van der Waals surface area contributed by atoms with Gasteiger partial charge in [0.05, 0.1) is 17.8 Å². The van der Waals surface area contributed by atoms with Crippen molar-refractivity contribution in [1.29, 1.82) is 0 Å². The van der Waals surface area contributed by atoms with Gasteiger partial charge in [-0.1, -0.05) is 29.3 Å². The van der Waals surface area contributed by atoms with Crippen LogP contribution in [0.4, 0.5) is 5.69 Å². The Kier molecular flexibility index (Phi) is 4.56. The van der Waals surface area contributed by atoms with Crippen molar-refractivity contribution in [2.75, 3.05) is 12.4 Å². The Bertz CT molecular complexity index is 584.